The number of aliphatic hydroxyl groups excluding tert-OH is 1. The Bertz CT molecular complexity index is 531. The summed E-state index contributed by atoms with van der Waals surface area (Å²) in [5, 5.41) is 18.2. The Kier molecular flexibility index (Phi) is 4.28. The maximum Gasteiger partial charge on any atom is 0.243 e. The minimum atomic E-state index is -4.13. The molecule has 0 aliphatic carbocycles. The third-order valence-electron chi connectivity index (χ3n) is 2.23. The molecule has 6 nitrogen and oxygen atoms in total. The highest BCUT2D eigenvalue weighted by molar-refractivity contribution is 7.89. The van der Waals surface area contributed by atoms with E-state index in [1.165, 1.54) is 13.0 Å². The third-order valence-corrected chi connectivity index (χ3v) is 3.64. The van der Waals surface area contributed by atoms with Gasteiger partial charge in [-0.3, -0.25) is 0 Å². The predicted octanol–water partition coefficient (Wildman–Crippen LogP) is -0.571. The lowest BCUT2D eigenvalue weighted by Crippen LogP contribution is -2.43. The van der Waals surface area contributed by atoms with Crippen molar-refractivity contribution >= 4 is 15.7 Å². The van der Waals surface area contributed by atoms with E-state index >= 15 is 0 Å². The molecule has 102 valence electrons. The summed E-state index contributed by atoms with van der Waals surface area (Å²) in [4.78, 5) is -0.601. The zero-order valence-corrected chi connectivity index (χ0v) is 10.5. The summed E-state index contributed by atoms with van der Waals surface area (Å²) in [6, 6.07) is 3.15. The van der Waals surface area contributed by atoms with Gasteiger partial charge in [-0.25, -0.2) is 17.5 Å². The second-order valence-electron chi connectivity index (χ2n) is 4.17. The van der Waals surface area contributed by atoms with Crippen molar-refractivity contribution in [2.45, 2.75) is 17.4 Å². The predicted molar refractivity (Wildman–Crippen MR) is 63.7 cm³/mol. The standard InChI is InChI=1S/C10H15FN2O4S/c1-10(15,6-14)5-13-18(16,17)9-4-7(12)2-3-8(9)11/h2-4,13-15H,5-6,12H2,1H3. The fourth-order valence-corrected chi connectivity index (χ4v) is 2.38. The molecule has 5 N–H and O–H groups in total. The van der Waals surface area contributed by atoms with Crippen LogP contribution in [0.15, 0.2) is 23.1 Å². The van der Waals surface area contributed by atoms with Crippen LogP contribution in [0.3, 0.4) is 0 Å². The van der Waals surface area contributed by atoms with E-state index in [4.69, 9.17) is 10.8 Å². The van der Waals surface area contributed by atoms with Crippen molar-refractivity contribution < 1.29 is 23.0 Å². The fourth-order valence-electron chi connectivity index (χ4n) is 1.11. The Morgan fingerprint density at radius 2 is 2.11 bits per heavy atom. The summed E-state index contributed by atoms with van der Waals surface area (Å²) in [6.07, 6.45) is 0. The first-order valence-corrected chi connectivity index (χ1v) is 6.54. The number of nitrogens with one attached hydrogen (secondary N) is 1. The van der Waals surface area contributed by atoms with Crippen molar-refractivity contribution in [2.24, 2.45) is 0 Å². The molecule has 1 aromatic carbocycles. The average molecular weight is 278 g/mol. The molecule has 0 amide bonds. The van der Waals surface area contributed by atoms with Gasteiger partial charge in [-0.15, -0.1) is 0 Å². The molecule has 1 atom stereocenters. The van der Waals surface area contributed by atoms with Gasteiger partial charge in [0.1, 0.15) is 10.7 Å². The number of aliphatic hydroxyl groups is 2. The van der Waals surface area contributed by atoms with Gasteiger partial charge in [0.2, 0.25) is 10.0 Å². The van der Waals surface area contributed by atoms with Gasteiger partial charge in [-0.05, 0) is 25.1 Å². The second kappa shape index (κ2) is 5.19. The Hall–Kier alpha value is -1.22. The van der Waals surface area contributed by atoms with Crippen molar-refractivity contribution in [3.05, 3.63) is 24.0 Å². The van der Waals surface area contributed by atoms with Gasteiger partial charge in [0.05, 0.1) is 12.2 Å². The summed E-state index contributed by atoms with van der Waals surface area (Å²) >= 11 is 0. The fraction of sp³-hybridized carbons (Fsp3) is 0.400. The molecule has 0 fully saturated rings. The highest BCUT2D eigenvalue weighted by Gasteiger charge is 2.25. The number of hydrogen-bond acceptors (Lipinski definition) is 5. The number of sulfonamides is 1. The minimum absolute atomic E-state index is 0.102. The first-order valence-electron chi connectivity index (χ1n) is 5.06. The van der Waals surface area contributed by atoms with E-state index < -0.39 is 39.5 Å². The molecule has 0 aliphatic heterocycles. The van der Waals surface area contributed by atoms with E-state index in [0.29, 0.717) is 0 Å². The zero-order valence-electron chi connectivity index (χ0n) is 9.72. The van der Waals surface area contributed by atoms with E-state index in [-0.39, 0.29) is 5.69 Å². The molecule has 0 bridgehead atoms. The maximum absolute atomic E-state index is 13.4. The van der Waals surface area contributed by atoms with Gasteiger partial charge in [0.25, 0.3) is 0 Å². The molecule has 0 saturated carbocycles. The highest BCUT2D eigenvalue weighted by Crippen LogP contribution is 2.17. The molecular formula is C10H15FN2O4S. The van der Waals surface area contributed by atoms with E-state index in [1.807, 2.05) is 4.72 Å². The SMILES string of the molecule is CC(O)(CO)CNS(=O)(=O)c1cc(N)ccc1F. The molecule has 1 aromatic rings. The molecular weight excluding hydrogens is 263 g/mol. The van der Waals surface area contributed by atoms with Gasteiger partial charge in [0.15, 0.2) is 0 Å². The van der Waals surface area contributed by atoms with Crippen molar-refractivity contribution in [1.82, 2.24) is 4.72 Å². The van der Waals surface area contributed by atoms with E-state index in [1.54, 1.807) is 0 Å². The van der Waals surface area contributed by atoms with Crippen LogP contribution in [-0.4, -0.2) is 37.4 Å². The number of halogens is 1. The molecule has 0 saturated heterocycles. The highest BCUT2D eigenvalue weighted by atomic mass is 32.2. The normalized spacial score (nSPS) is 15.3. The van der Waals surface area contributed by atoms with Crippen LogP contribution in [0, 0.1) is 5.82 Å². The Balaban J connectivity index is 2.97. The smallest absolute Gasteiger partial charge is 0.243 e. The molecule has 0 radical (unpaired) electrons. The van der Waals surface area contributed by atoms with E-state index in [2.05, 4.69) is 0 Å². The van der Waals surface area contributed by atoms with Crippen molar-refractivity contribution in [3.63, 3.8) is 0 Å². The van der Waals surface area contributed by atoms with Gasteiger partial charge in [-0.2, -0.15) is 0 Å². The van der Waals surface area contributed by atoms with Crippen LogP contribution in [0.4, 0.5) is 10.1 Å². The topological polar surface area (TPSA) is 113 Å². The summed E-state index contributed by atoms with van der Waals surface area (Å²) in [6.45, 7) is 0.167. The summed E-state index contributed by atoms with van der Waals surface area (Å²) in [5.41, 5.74) is 3.87. The number of benzene rings is 1. The van der Waals surface area contributed by atoms with Gasteiger partial charge >= 0.3 is 0 Å². The number of rotatable bonds is 5. The van der Waals surface area contributed by atoms with Gasteiger partial charge in [0, 0.05) is 12.2 Å². The van der Waals surface area contributed by atoms with Crippen LogP contribution in [0.1, 0.15) is 6.92 Å². The minimum Gasteiger partial charge on any atom is -0.399 e. The monoisotopic (exact) mass is 278 g/mol. The number of hydrogen-bond donors (Lipinski definition) is 4. The molecule has 0 aliphatic rings. The van der Waals surface area contributed by atoms with Crippen molar-refractivity contribution in [2.75, 3.05) is 18.9 Å². The average Bonchev–Trinajstić information content (AvgIpc) is 2.30. The van der Waals surface area contributed by atoms with E-state index in [0.717, 1.165) is 12.1 Å². The summed E-state index contributed by atoms with van der Waals surface area (Å²) in [7, 11) is -4.13. The van der Waals surface area contributed by atoms with Crippen LogP contribution in [0.25, 0.3) is 0 Å². The lowest BCUT2D eigenvalue weighted by Gasteiger charge is -2.20. The molecule has 1 rings (SSSR count). The molecule has 8 heteroatoms. The number of nitrogen functional groups attached to an aromatic ring is 1. The van der Waals surface area contributed by atoms with Crippen molar-refractivity contribution in [3.8, 4) is 0 Å². The lowest BCUT2D eigenvalue weighted by atomic mass is 10.1. The van der Waals surface area contributed by atoms with Crippen LogP contribution < -0.4 is 10.5 Å². The quantitative estimate of drug-likeness (QED) is 0.539. The molecule has 0 spiro atoms. The van der Waals surface area contributed by atoms with E-state index in [9.17, 15) is 17.9 Å². The maximum atomic E-state index is 13.4. The Morgan fingerprint density at radius 1 is 1.50 bits per heavy atom. The number of anilines is 1. The third kappa shape index (κ3) is 3.64. The largest absolute Gasteiger partial charge is 0.399 e. The van der Waals surface area contributed by atoms with Gasteiger partial charge in [-0.1, -0.05) is 0 Å². The molecule has 0 aromatic heterocycles. The van der Waals surface area contributed by atoms with Gasteiger partial charge < -0.3 is 15.9 Å². The van der Waals surface area contributed by atoms with Crippen LogP contribution >= 0.6 is 0 Å². The first-order chi connectivity index (χ1) is 8.18. The van der Waals surface area contributed by atoms with Crippen LogP contribution in [0.2, 0.25) is 0 Å². The number of nitrogens with two attached hydrogens (primary N) is 1. The molecule has 18 heavy (non-hydrogen) atoms. The summed E-state index contributed by atoms with van der Waals surface area (Å²) in [5.74, 6) is -0.944. The van der Waals surface area contributed by atoms with Crippen LogP contribution in [0.5, 0.6) is 0 Å². The second-order valence-corrected chi connectivity index (χ2v) is 5.90. The Labute approximate surface area is 104 Å². The molecule has 1 unspecified atom stereocenters. The lowest BCUT2D eigenvalue weighted by molar-refractivity contribution is 0.00680. The van der Waals surface area contributed by atoms with Crippen molar-refractivity contribution in [1.29, 1.82) is 0 Å². The first kappa shape index (κ1) is 14.8. The Morgan fingerprint density at radius 3 is 2.67 bits per heavy atom. The zero-order chi connectivity index (χ0) is 14.0. The van der Waals surface area contributed by atoms with Crippen LogP contribution in [-0.2, 0) is 10.0 Å². The molecule has 0 heterocycles. The summed E-state index contributed by atoms with van der Waals surface area (Å²) < 4.78 is 38.9.